The third-order valence-electron chi connectivity index (χ3n) is 2.87. The van der Waals surface area contributed by atoms with Gasteiger partial charge in [-0.3, -0.25) is 4.98 Å². The van der Waals surface area contributed by atoms with Gasteiger partial charge in [0.15, 0.2) is 5.13 Å². The largest absolute Gasteiger partial charge is 0.356 e. The van der Waals surface area contributed by atoms with Gasteiger partial charge in [0.1, 0.15) is 0 Å². The van der Waals surface area contributed by atoms with E-state index >= 15 is 0 Å². The Kier molecular flexibility index (Phi) is 3.48. The van der Waals surface area contributed by atoms with E-state index in [1.165, 1.54) is 10.3 Å². The molecule has 3 aromatic rings. The second-order valence-electron chi connectivity index (χ2n) is 4.25. The van der Waals surface area contributed by atoms with Crippen LogP contribution in [0.15, 0.2) is 41.0 Å². The molecular weight excluding hydrogens is 322 g/mol. The molecule has 96 valence electrons. The van der Waals surface area contributed by atoms with Crippen molar-refractivity contribution in [3.63, 3.8) is 0 Å². The van der Waals surface area contributed by atoms with Crippen molar-refractivity contribution in [1.29, 1.82) is 0 Å². The molecule has 1 aromatic carbocycles. The molecule has 0 fully saturated rings. The van der Waals surface area contributed by atoms with Crippen LogP contribution in [0, 0.1) is 6.92 Å². The Balaban J connectivity index is 1.80. The highest BCUT2D eigenvalue weighted by atomic mass is 79.9. The molecule has 0 aliphatic carbocycles. The molecule has 2 aromatic heterocycles. The van der Waals surface area contributed by atoms with Gasteiger partial charge >= 0.3 is 0 Å². The molecule has 0 atom stereocenters. The summed E-state index contributed by atoms with van der Waals surface area (Å²) in [5, 5.41) is 4.27. The lowest BCUT2D eigenvalue weighted by molar-refractivity contribution is 1.02. The maximum atomic E-state index is 4.57. The van der Waals surface area contributed by atoms with Crippen LogP contribution >= 0.6 is 27.3 Å². The number of thiazole rings is 1. The summed E-state index contributed by atoms with van der Waals surface area (Å²) in [5.74, 6) is 0. The molecule has 3 rings (SSSR count). The molecule has 3 nitrogen and oxygen atoms in total. The van der Waals surface area contributed by atoms with Crippen LogP contribution in [0.4, 0.5) is 5.13 Å². The van der Waals surface area contributed by atoms with E-state index in [0.29, 0.717) is 6.54 Å². The summed E-state index contributed by atoms with van der Waals surface area (Å²) in [6.45, 7) is 2.77. The van der Waals surface area contributed by atoms with Gasteiger partial charge in [-0.25, -0.2) is 4.98 Å². The van der Waals surface area contributed by atoms with Crippen molar-refractivity contribution in [2.45, 2.75) is 13.5 Å². The minimum absolute atomic E-state index is 0.702. The summed E-state index contributed by atoms with van der Waals surface area (Å²) in [7, 11) is 0. The number of halogens is 1. The molecule has 0 radical (unpaired) electrons. The van der Waals surface area contributed by atoms with Gasteiger partial charge in [-0.2, -0.15) is 0 Å². The number of nitrogens with zero attached hydrogens (tertiary/aromatic N) is 2. The summed E-state index contributed by atoms with van der Waals surface area (Å²) < 4.78 is 2.24. The Bertz CT molecular complexity index is 724. The number of aryl methyl sites for hydroxylation is 1. The zero-order valence-electron chi connectivity index (χ0n) is 10.4. The molecule has 0 saturated heterocycles. The molecule has 0 amide bonds. The Morgan fingerprint density at radius 3 is 3.05 bits per heavy atom. The number of aromatic nitrogens is 2. The summed E-state index contributed by atoms with van der Waals surface area (Å²) in [6.07, 6.45) is 1.82. The van der Waals surface area contributed by atoms with Gasteiger partial charge in [-0.1, -0.05) is 33.3 Å². The first-order chi connectivity index (χ1) is 9.22. The number of benzene rings is 1. The van der Waals surface area contributed by atoms with Crippen LogP contribution in [0.25, 0.3) is 10.2 Å². The molecule has 0 aliphatic heterocycles. The van der Waals surface area contributed by atoms with Crippen LogP contribution in [-0.2, 0) is 6.54 Å². The van der Waals surface area contributed by atoms with E-state index in [-0.39, 0.29) is 0 Å². The lowest BCUT2D eigenvalue weighted by atomic mass is 10.2. The summed E-state index contributed by atoms with van der Waals surface area (Å²) in [4.78, 5) is 8.94. The van der Waals surface area contributed by atoms with E-state index in [2.05, 4.69) is 50.3 Å². The average molecular weight is 334 g/mol. The third-order valence-corrected chi connectivity index (χ3v) is 4.36. The molecule has 19 heavy (non-hydrogen) atoms. The van der Waals surface area contributed by atoms with E-state index in [9.17, 15) is 0 Å². The van der Waals surface area contributed by atoms with Crippen molar-refractivity contribution in [3.05, 3.63) is 52.3 Å². The van der Waals surface area contributed by atoms with Gasteiger partial charge in [0.05, 0.1) is 22.5 Å². The first-order valence-corrected chi connectivity index (χ1v) is 7.54. The fourth-order valence-electron chi connectivity index (χ4n) is 1.84. The first-order valence-electron chi connectivity index (χ1n) is 5.93. The number of hydrogen-bond donors (Lipinski definition) is 1. The molecule has 0 saturated carbocycles. The molecular formula is C14H12BrN3S. The van der Waals surface area contributed by atoms with Gasteiger partial charge in [-0.05, 0) is 36.8 Å². The van der Waals surface area contributed by atoms with Crippen LogP contribution < -0.4 is 5.32 Å². The number of anilines is 1. The fourth-order valence-corrected chi connectivity index (χ4v) is 3.03. The average Bonchev–Trinajstić information content (AvgIpc) is 2.79. The maximum absolute atomic E-state index is 4.57. The van der Waals surface area contributed by atoms with Crippen LogP contribution in [0.1, 0.15) is 11.3 Å². The van der Waals surface area contributed by atoms with Gasteiger partial charge in [0.25, 0.3) is 0 Å². The zero-order chi connectivity index (χ0) is 13.2. The fraction of sp³-hybridized carbons (Fsp3) is 0.143. The quantitative estimate of drug-likeness (QED) is 0.773. The summed E-state index contributed by atoms with van der Waals surface area (Å²) in [5.41, 5.74) is 3.27. The second kappa shape index (κ2) is 5.27. The van der Waals surface area contributed by atoms with Crippen LogP contribution in [0.2, 0.25) is 0 Å². The van der Waals surface area contributed by atoms with Gasteiger partial charge < -0.3 is 5.32 Å². The van der Waals surface area contributed by atoms with Gasteiger partial charge in [-0.15, -0.1) is 0 Å². The van der Waals surface area contributed by atoms with Gasteiger partial charge in [0, 0.05) is 10.7 Å². The second-order valence-corrected chi connectivity index (χ2v) is 6.20. The number of pyridine rings is 1. The number of rotatable bonds is 3. The Morgan fingerprint density at radius 2 is 2.21 bits per heavy atom. The maximum Gasteiger partial charge on any atom is 0.184 e. The molecule has 1 N–H and O–H groups in total. The van der Waals surface area contributed by atoms with Crippen molar-refractivity contribution in [1.82, 2.24) is 9.97 Å². The Morgan fingerprint density at radius 1 is 1.32 bits per heavy atom. The Labute approximate surface area is 123 Å². The van der Waals surface area contributed by atoms with Crippen LogP contribution in [0.5, 0.6) is 0 Å². The van der Waals surface area contributed by atoms with Crippen molar-refractivity contribution in [2.75, 3.05) is 5.32 Å². The molecule has 0 bridgehead atoms. The number of nitrogens with one attached hydrogen (secondary N) is 1. The normalized spacial score (nSPS) is 10.8. The molecule has 2 heterocycles. The molecule has 0 spiro atoms. The smallest absolute Gasteiger partial charge is 0.184 e. The monoisotopic (exact) mass is 333 g/mol. The Hall–Kier alpha value is -1.46. The topological polar surface area (TPSA) is 37.8 Å². The third kappa shape index (κ3) is 2.77. The number of hydrogen-bond acceptors (Lipinski definition) is 4. The van der Waals surface area contributed by atoms with E-state index in [4.69, 9.17) is 0 Å². The first kappa shape index (κ1) is 12.6. The number of fused-ring (bicyclic) bond motifs is 1. The minimum Gasteiger partial charge on any atom is -0.356 e. The highest BCUT2D eigenvalue weighted by molar-refractivity contribution is 9.10. The van der Waals surface area contributed by atoms with E-state index in [0.717, 1.165) is 20.8 Å². The van der Waals surface area contributed by atoms with E-state index < -0.39 is 0 Å². The van der Waals surface area contributed by atoms with Gasteiger partial charge in [0.2, 0.25) is 0 Å². The van der Waals surface area contributed by atoms with E-state index in [1.807, 2.05) is 24.4 Å². The lowest BCUT2D eigenvalue weighted by Crippen LogP contribution is -2.02. The minimum atomic E-state index is 0.702. The van der Waals surface area contributed by atoms with Crippen molar-refractivity contribution in [3.8, 4) is 0 Å². The van der Waals surface area contributed by atoms with Crippen molar-refractivity contribution >= 4 is 42.6 Å². The highest BCUT2D eigenvalue weighted by Crippen LogP contribution is 2.28. The predicted molar refractivity (Wildman–Crippen MR) is 83.6 cm³/mol. The molecule has 0 unspecified atom stereocenters. The lowest BCUT2D eigenvalue weighted by Gasteiger charge is -2.04. The molecule has 5 heteroatoms. The summed E-state index contributed by atoms with van der Waals surface area (Å²) in [6, 6.07) is 10.2. The van der Waals surface area contributed by atoms with E-state index in [1.54, 1.807) is 11.3 Å². The SMILES string of the molecule is Cc1cccnc1CNc1nc2cc(Br)ccc2s1. The van der Waals surface area contributed by atoms with Crippen molar-refractivity contribution < 1.29 is 0 Å². The zero-order valence-corrected chi connectivity index (χ0v) is 12.8. The predicted octanol–water partition coefficient (Wildman–Crippen LogP) is 4.37. The standard InChI is InChI=1S/C14H12BrN3S/c1-9-3-2-6-16-12(9)8-17-14-18-11-7-10(15)4-5-13(11)19-14/h2-7H,8H2,1H3,(H,17,18). The highest BCUT2D eigenvalue weighted by Gasteiger charge is 2.05. The summed E-state index contributed by atoms with van der Waals surface area (Å²) >= 11 is 5.12. The van der Waals surface area contributed by atoms with Crippen LogP contribution in [-0.4, -0.2) is 9.97 Å². The molecule has 0 aliphatic rings. The van der Waals surface area contributed by atoms with Crippen molar-refractivity contribution in [2.24, 2.45) is 0 Å². The van der Waals surface area contributed by atoms with Crippen LogP contribution in [0.3, 0.4) is 0 Å².